The molecule has 0 atom stereocenters. The first-order valence-corrected chi connectivity index (χ1v) is 9.50. The lowest BCUT2D eigenvalue weighted by Crippen LogP contribution is -2.17. The van der Waals surface area contributed by atoms with Crippen LogP contribution < -0.4 is 0 Å². The van der Waals surface area contributed by atoms with Gasteiger partial charge in [-0.15, -0.1) is 21.5 Å². The number of hydrogen-bond acceptors (Lipinski definition) is 8. The normalized spacial score (nSPS) is 11.9. The Bertz CT molecular complexity index is 873. The van der Waals surface area contributed by atoms with Crippen molar-refractivity contribution in [2.75, 3.05) is 7.11 Å². The minimum Gasteiger partial charge on any atom is -0.410 e. The van der Waals surface area contributed by atoms with Gasteiger partial charge in [-0.25, -0.2) is 9.97 Å². The van der Waals surface area contributed by atoms with Crippen LogP contribution in [-0.4, -0.2) is 27.3 Å². The highest BCUT2D eigenvalue weighted by Gasteiger charge is 2.20. The topological polar surface area (TPSA) is 73.9 Å². The Morgan fingerprint density at radius 1 is 1.24 bits per heavy atom. The lowest BCUT2D eigenvalue weighted by Gasteiger charge is -2.18. The first kappa shape index (κ1) is 18.3. The van der Waals surface area contributed by atoms with E-state index >= 15 is 0 Å². The highest BCUT2D eigenvalue weighted by molar-refractivity contribution is 7.99. The summed E-state index contributed by atoms with van der Waals surface area (Å²) >= 11 is 8.65. The number of methoxy groups -OCH3 is 1. The molecule has 25 heavy (non-hydrogen) atoms. The fourth-order valence-electron chi connectivity index (χ4n) is 1.95. The summed E-state index contributed by atoms with van der Waals surface area (Å²) < 4.78 is 11.6. The maximum Gasteiger partial charge on any atom is 0.283 e. The van der Waals surface area contributed by atoms with E-state index in [-0.39, 0.29) is 5.41 Å². The molecule has 3 aromatic heterocycles. The van der Waals surface area contributed by atoms with Crippen molar-refractivity contribution in [2.45, 2.75) is 43.0 Å². The van der Waals surface area contributed by atoms with Crippen LogP contribution in [-0.2, 0) is 16.8 Å². The minimum absolute atomic E-state index is 0.174. The second kappa shape index (κ2) is 7.41. The summed E-state index contributed by atoms with van der Waals surface area (Å²) in [6.07, 6.45) is 0. The van der Waals surface area contributed by atoms with Gasteiger partial charge >= 0.3 is 0 Å². The van der Waals surface area contributed by atoms with E-state index in [1.807, 2.05) is 12.1 Å². The predicted molar refractivity (Wildman–Crippen MR) is 98.2 cm³/mol. The zero-order chi connectivity index (χ0) is 18.0. The first-order valence-electron chi connectivity index (χ1n) is 7.49. The number of nitrogens with zero attached hydrogens (tertiary/aromatic N) is 4. The molecule has 9 heteroatoms. The number of thiophene rings is 1. The molecule has 132 valence electrons. The molecule has 3 aromatic rings. The molecule has 3 heterocycles. The Balaban J connectivity index is 1.87. The van der Waals surface area contributed by atoms with Gasteiger partial charge in [0.2, 0.25) is 0 Å². The molecular formula is C16H17ClN4O2S2. The van der Waals surface area contributed by atoms with Crippen LogP contribution in [0.25, 0.3) is 10.8 Å². The van der Waals surface area contributed by atoms with E-state index in [0.717, 1.165) is 21.4 Å². The third-order valence-electron chi connectivity index (χ3n) is 3.10. The summed E-state index contributed by atoms with van der Waals surface area (Å²) in [5.41, 5.74) is 0.641. The standard InChI is InChI=1S/C16H17ClN4O2S2/c1-16(2,3)14-18-9(8-22-4)7-12(19-14)25-15-21-20-13(23-15)10-5-6-11(17)24-10/h5-7H,8H2,1-4H3. The van der Waals surface area contributed by atoms with E-state index in [0.29, 0.717) is 22.1 Å². The number of ether oxygens (including phenoxy) is 1. The lowest BCUT2D eigenvalue weighted by molar-refractivity contribution is 0.180. The van der Waals surface area contributed by atoms with Crippen molar-refractivity contribution >= 4 is 34.7 Å². The molecule has 0 unspecified atom stereocenters. The monoisotopic (exact) mass is 396 g/mol. The molecule has 0 fully saturated rings. The van der Waals surface area contributed by atoms with Gasteiger partial charge in [-0.2, -0.15) is 0 Å². The molecule has 0 aliphatic heterocycles. The molecule has 0 amide bonds. The smallest absolute Gasteiger partial charge is 0.283 e. The van der Waals surface area contributed by atoms with Gasteiger partial charge in [-0.05, 0) is 30.0 Å². The Labute approximate surface area is 159 Å². The number of aromatic nitrogens is 4. The largest absolute Gasteiger partial charge is 0.410 e. The van der Waals surface area contributed by atoms with Crippen LogP contribution in [0.2, 0.25) is 4.34 Å². The average molecular weight is 397 g/mol. The number of rotatable bonds is 5. The molecule has 0 saturated heterocycles. The van der Waals surface area contributed by atoms with Crippen molar-refractivity contribution in [3.63, 3.8) is 0 Å². The molecule has 0 saturated carbocycles. The second-order valence-corrected chi connectivity index (χ2v) is 8.97. The number of halogens is 1. The van der Waals surface area contributed by atoms with Crippen LogP contribution in [0.1, 0.15) is 32.3 Å². The summed E-state index contributed by atoms with van der Waals surface area (Å²) in [5, 5.41) is 9.31. The van der Waals surface area contributed by atoms with Crippen molar-refractivity contribution in [3.8, 4) is 10.8 Å². The third kappa shape index (κ3) is 4.58. The highest BCUT2D eigenvalue weighted by atomic mass is 35.5. The van der Waals surface area contributed by atoms with Crippen molar-refractivity contribution in [2.24, 2.45) is 0 Å². The molecule has 6 nitrogen and oxygen atoms in total. The average Bonchev–Trinajstić information content (AvgIpc) is 3.15. The maximum atomic E-state index is 5.95. The van der Waals surface area contributed by atoms with Gasteiger partial charge in [0.15, 0.2) is 0 Å². The molecule has 0 aromatic carbocycles. The summed E-state index contributed by atoms with van der Waals surface area (Å²) in [6, 6.07) is 5.53. The number of hydrogen-bond donors (Lipinski definition) is 0. The molecule has 0 N–H and O–H groups in total. The van der Waals surface area contributed by atoms with Crippen LogP contribution in [0.15, 0.2) is 32.9 Å². The van der Waals surface area contributed by atoms with Crippen molar-refractivity contribution < 1.29 is 9.15 Å². The summed E-state index contributed by atoms with van der Waals surface area (Å²) in [4.78, 5) is 10.0. The van der Waals surface area contributed by atoms with Gasteiger partial charge in [-0.1, -0.05) is 32.4 Å². The molecule has 0 aliphatic carbocycles. The fourth-order valence-corrected chi connectivity index (χ4v) is 3.62. The summed E-state index contributed by atoms with van der Waals surface area (Å²) in [7, 11) is 1.64. The van der Waals surface area contributed by atoms with Crippen molar-refractivity contribution in [3.05, 3.63) is 34.1 Å². The Kier molecular flexibility index (Phi) is 5.43. The Morgan fingerprint density at radius 2 is 2.04 bits per heavy atom. The Hall–Kier alpha value is -1.48. The van der Waals surface area contributed by atoms with Gasteiger partial charge in [0.05, 0.1) is 21.5 Å². The van der Waals surface area contributed by atoms with E-state index in [4.69, 9.17) is 20.8 Å². The molecule has 3 rings (SSSR count). The van der Waals surface area contributed by atoms with E-state index in [9.17, 15) is 0 Å². The van der Waals surface area contributed by atoms with E-state index in [1.165, 1.54) is 23.1 Å². The summed E-state index contributed by atoms with van der Waals surface area (Å²) in [6.45, 7) is 6.62. The van der Waals surface area contributed by atoms with Gasteiger partial charge in [0.25, 0.3) is 11.1 Å². The zero-order valence-electron chi connectivity index (χ0n) is 14.2. The highest BCUT2D eigenvalue weighted by Crippen LogP contribution is 2.33. The lowest BCUT2D eigenvalue weighted by atomic mass is 9.96. The van der Waals surface area contributed by atoms with Gasteiger partial charge in [0.1, 0.15) is 10.9 Å². The minimum atomic E-state index is -0.174. The maximum absolute atomic E-state index is 5.95. The molecule has 0 bridgehead atoms. The molecule has 0 radical (unpaired) electrons. The SMILES string of the molecule is COCc1cc(Sc2nnc(-c3ccc(Cl)s3)o2)nc(C(C)(C)C)n1. The van der Waals surface area contributed by atoms with Crippen LogP contribution in [0.3, 0.4) is 0 Å². The Morgan fingerprint density at radius 3 is 2.68 bits per heavy atom. The van der Waals surface area contributed by atoms with Crippen LogP contribution in [0.5, 0.6) is 0 Å². The van der Waals surface area contributed by atoms with Crippen LogP contribution in [0, 0.1) is 0 Å². The van der Waals surface area contributed by atoms with Gasteiger partial charge in [0, 0.05) is 12.5 Å². The molecular weight excluding hydrogens is 380 g/mol. The zero-order valence-corrected chi connectivity index (χ0v) is 16.6. The van der Waals surface area contributed by atoms with E-state index in [2.05, 4.69) is 40.9 Å². The van der Waals surface area contributed by atoms with Crippen LogP contribution in [0.4, 0.5) is 0 Å². The summed E-state index contributed by atoms with van der Waals surface area (Å²) in [5.74, 6) is 1.19. The quantitative estimate of drug-likeness (QED) is 0.571. The second-order valence-electron chi connectivity index (χ2n) is 6.28. The first-order chi connectivity index (χ1) is 11.8. The van der Waals surface area contributed by atoms with Crippen molar-refractivity contribution in [1.29, 1.82) is 0 Å². The fraction of sp³-hybridized carbons (Fsp3) is 0.375. The molecule has 0 spiro atoms. The molecule has 0 aliphatic rings. The van der Waals surface area contributed by atoms with Crippen molar-refractivity contribution in [1.82, 2.24) is 20.2 Å². The van der Waals surface area contributed by atoms with Gasteiger partial charge < -0.3 is 9.15 Å². The van der Waals surface area contributed by atoms with Gasteiger partial charge in [-0.3, -0.25) is 0 Å². The van der Waals surface area contributed by atoms with E-state index < -0.39 is 0 Å². The van der Waals surface area contributed by atoms with Crippen LogP contribution >= 0.6 is 34.7 Å². The third-order valence-corrected chi connectivity index (χ3v) is 5.08. The predicted octanol–water partition coefficient (Wildman–Crippen LogP) is 4.84. The van der Waals surface area contributed by atoms with E-state index in [1.54, 1.807) is 13.2 Å².